The molecule has 0 bridgehead atoms. The van der Waals surface area contributed by atoms with Gasteiger partial charge >= 0.3 is 0 Å². The quantitative estimate of drug-likeness (QED) is 0.808. The smallest absolute Gasteiger partial charge is 0.141 e. The summed E-state index contributed by atoms with van der Waals surface area (Å²) in [6.45, 7) is 5.62. The third kappa shape index (κ3) is 4.21. The summed E-state index contributed by atoms with van der Waals surface area (Å²) < 4.78 is 5.74. The Morgan fingerprint density at radius 2 is 1.94 bits per heavy atom. The van der Waals surface area contributed by atoms with E-state index in [-0.39, 0.29) is 0 Å². The fourth-order valence-corrected chi connectivity index (χ4v) is 2.16. The Morgan fingerprint density at radius 3 is 2.53 bits per heavy atom. The van der Waals surface area contributed by atoms with Gasteiger partial charge in [0, 0.05) is 0 Å². The van der Waals surface area contributed by atoms with E-state index in [9.17, 15) is 0 Å². The molecule has 0 saturated carbocycles. The summed E-state index contributed by atoms with van der Waals surface area (Å²) in [5.74, 6) is 0.858. The Balaban J connectivity index is 2.99. The maximum Gasteiger partial charge on any atom is 0.141 e. The maximum atomic E-state index is 6.28. The summed E-state index contributed by atoms with van der Waals surface area (Å²) in [6, 6.07) is 4.14. The van der Waals surface area contributed by atoms with Crippen LogP contribution in [0, 0.1) is 0 Å². The van der Waals surface area contributed by atoms with Crippen LogP contribution in [0.4, 0.5) is 0 Å². The molecule has 3 heteroatoms. The molecule has 0 atom stereocenters. The summed E-state index contributed by atoms with van der Waals surface area (Å²) in [5, 5.41) is 0.716. The van der Waals surface area contributed by atoms with Crippen molar-refractivity contribution in [1.29, 1.82) is 0 Å². The predicted molar refractivity (Wildman–Crippen MR) is 74.0 cm³/mol. The highest BCUT2D eigenvalue weighted by atomic mass is 35.5. The maximum absolute atomic E-state index is 6.28. The second-order valence-electron chi connectivity index (χ2n) is 4.20. The van der Waals surface area contributed by atoms with Crippen LogP contribution in [0.15, 0.2) is 12.1 Å². The molecule has 0 fully saturated rings. The van der Waals surface area contributed by atoms with Crippen molar-refractivity contribution in [3.05, 3.63) is 28.3 Å². The van der Waals surface area contributed by atoms with Gasteiger partial charge in [-0.1, -0.05) is 37.9 Å². The van der Waals surface area contributed by atoms with Crippen LogP contribution in [-0.4, -0.2) is 13.2 Å². The molecule has 0 heterocycles. The van der Waals surface area contributed by atoms with Crippen LogP contribution in [0.3, 0.4) is 0 Å². The van der Waals surface area contributed by atoms with Crippen molar-refractivity contribution in [2.75, 3.05) is 13.2 Å². The number of benzene rings is 1. The van der Waals surface area contributed by atoms with Crippen LogP contribution in [0.2, 0.25) is 5.02 Å². The summed E-state index contributed by atoms with van der Waals surface area (Å²) in [4.78, 5) is 0. The van der Waals surface area contributed by atoms with Gasteiger partial charge in [0.15, 0.2) is 0 Å². The average Bonchev–Trinajstić information content (AvgIpc) is 2.29. The molecule has 0 spiro atoms. The molecule has 0 radical (unpaired) electrons. The molecular formula is C14H22ClNO. The number of rotatable bonds is 7. The van der Waals surface area contributed by atoms with Gasteiger partial charge < -0.3 is 10.5 Å². The summed E-state index contributed by atoms with van der Waals surface area (Å²) in [6.07, 6.45) is 3.94. The lowest BCUT2D eigenvalue weighted by atomic mass is 10.0. The molecule has 0 saturated heterocycles. The predicted octanol–water partition coefficient (Wildman–Crippen LogP) is 3.58. The van der Waals surface area contributed by atoms with Gasteiger partial charge in [0.25, 0.3) is 0 Å². The Kier molecular flexibility index (Phi) is 6.38. The number of hydrogen-bond acceptors (Lipinski definition) is 2. The minimum Gasteiger partial charge on any atom is -0.492 e. The second kappa shape index (κ2) is 7.57. The van der Waals surface area contributed by atoms with Gasteiger partial charge in [0.1, 0.15) is 5.75 Å². The van der Waals surface area contributed by atoms with Crippen LogP contribution in [0.5, 0.6) is 5.75 Å². The summed E-state index contributed by atoms with van der Waals surface area (Å²) in [7, 11) is 0. The first-order chi connectivity index (χ1) is 8.22. The monoisotopic (exact) mass is 255 g/mol. The largest absolute Gasteiger partial charge is 0.492 e. The van der Waals surface area contributed by atoms with E-state index in [1.54, 1.807) is 0 Å². The van der Waals surface area contributed by atoms with Gasteiger partial charge in [-0.15, -0.1) is 0 Å². The topological polar surface area (TPSA) is 35.2 Å². The number of aryl methyl sites for hydroxylation is 1. The molecule has 2 N–H and O–H groups in total. The Labute approximate surface area is 109 Å². The van der Waals surface area contributed by atoms with Gasteiger partial charge in [0.2, 0.25) is 0 Å². The van der Waals surface area contributed by atoms with Crippen LogP contribution in [0.25, 0.3) is 0 Å². The van der Waals surface area contributed by atoms with E-state index >= 15 is 0 Å². The molecule has 0 aliphatic heterocycles. The Hall–Kier alpha value is -0.730. The fraction of sp³-hybridized carbons (Fsp3) is 0.571. The Bertz CT molecular complexity index is 352. The van der Waals surface area contributed by atoms with Crippen molar-refractivity contribution >= 4 is 11.6 Å². The summed E-state index contributed by atoms with van der Waals surface area (Å²) >= 11 is 6.28. The van der Waals surface area contributed by atoms with E-state index in [4.69, 9.17) is 22.1 Å². The van der Waals surface area contributed by atoms with Crippen LogP contribution in [-0.2, 0) is 12.8 Å². The van der Waals surface area contributed by atoms with Gasteiger partial charge in [-0.3, -0.25) is 0 Å². The van der Waals surface area contributed by atoms with Crippen molar-refractivity contribution < 1.29 is 4.74 Å². The molecule has 0 aromatic heterocycles. The van der Waals surface area contributed by atoms with E-state index in [1.165, 1.54) is 11.1 Å². The van der Waals surface area contributed by atoms with Crippen molar-refractivity contribution in [3.63, 3.8) is 0 Å². The molecule has 0 aliphatic rings. The van der Waals surface area contributed by atoms with Gasteiger partial charge in [-0.05, 0) is 43.0 Å². The number of halogens is 1. The first kappa shape index (κ1) is 14.3. The number of hydrogen-bond donors (Lipinski definition) is 1. The van der Waals surface area contributed by atoms with E-state index in [1.807, 2.05) is 6.07 Å². The molecule has 1 aromatic carbocycles. The first-order valence-corrected chi connectivity index (χ1v) is 6.74. The van der Waals surface area contributed by atoms with Crippen molar-refractivity contribution in [3.8, 4) is 5.75 Å². The van der Waals surface area contributed by atoms with Crippen LogP contribution < -0.4 is 10.5 Å². The third-order valence-corrected chi connectivity index (χ3v) is 2.86. The van der Waals surface area contributed by atoms with E-state index < -0.39 is 0 Å². The molecular weight excluding hydrogens is 234 g/mol. The lowest BCUT2D eigenvalue weighted by Crippen LogP contribution is -2.05. The molecule has 0 amide bonds. The normalized spacial score (nSPS) is 10.6. The van der Waals surface area contributed by atoms with Crippen molar-refractivity contribution in [1.82, 2.24) is 0 Å². The highest BCUT2D eigenvalue weighted by Gasteiger charge is 2.10. The Morgan fingerprint density at radius 1 is 1.18 bits per heavy atom. The van der Waals surface area contributed by atoms with E-state index in [0.717, 1.165) is 31.4 Å². The van der Waals surface area contributed by atoms with Crippen LogP contribution in [0.1, 0.15) is 37.8 Å². The number of ether oxygens (including phenoxy) is 1. The second-order valence-corrected chi connectivity index (χ2v) is 4.61. The third-order valence-electron chi connectivity index (χ3n) is 2.58. The molecule has 1 rings (SSSR count). The standard InChI is InChI=1S/C14H22ClNO/c1-3-5-12-9-11(6-7-16)10-13(15)14(12)17-8-4-2/h9-10H,3-8,16H2,1-2H3. The summed E-state index contributed by atoms with van der Waals surface area (Å²) in [5.41, 5.74) is 7.98. The fourth-order valence-electron chi connectivity index (χ4n) is 1.84. The van der Waals surface area contributed by atoms with E-state index in [0.29, 0.717) is 18.2 Å². The molecule has 0 unspecified atom stereocenters. The van der Waals surface area contributed by atoms with Crippen LogP contribution >= 0.6 is 11.6 Å². The number of nitrogens with two attached hydrogens (primary N) is 1. The minimum absolute atomic E-state index is 0.650. The zero-order valence-corrected chi connectivity index (χ0v) is 11.5. The zero-order chi connectivity index (χ0) is 12.7. The van der Waals surface area contributed by atoms with Gasteiger partial charge in [-0.2, -0.15) is 0 Å². The molecule has 2 nitrogen and oxygen atoms in total. The van der Waals surface area contributed by atoms with E-state index in [2.05, 4.69) is 19.9 Å². The zero-order valence-electron chi connectivity index (χ0n) is 10.8. The molecule has 1 aromatic rings. The molecule has 96 valence electrons. The molecule has 17 heavy (non-hydrogen) atoms. The SMILES string of the molecule is CCCOc1c(Cl)cc(CCN)cc1CCC. The van der Waals surface area contributed by atoms with Gasteiger partial charge in [-0.25, -0.2) is 0 Å². The average molecular weight is 256 g/mol. The van der Waals surface area contributed by atoms with Crippen molar-refractivity contribution in [2.45, 2.75) is 39.5 Å². The highest BCUT2D eigenvalue weighted by Crippen LogP contribution is 2.31. The lowest BCUT2D eigenvalue weighted by Gasteiger charge is -2.14. The highest BCUT2D eigenvalue weighted by molar-refractivity contribution is 6.32. The van der Waals surface area contributed by atoms with Gasteiger partial charge in [0.05, 0.1) is 11.6 Å². The minimum atomic E-state index is 0.650. The van der Waals surface area contributed by atoms with Crippen molar-refractivity contribution in [2.24, 2.45) is 5.73 Å². The molecule has 0 aliphatic carbocycles. The lowest BCUT2D eigenvalue weighted by molar-refractivity contribution is 0.314. The first-order valence-electron chi connectivity index (χ1n) is 6.37.